The number of carbonyl (C=O) groups excluding carboxylic acids is 3. The molecular formula is C23H43N2O4+. The maximum absolute atomic E-state index is 13.2. The Hall–Kier alpha value is -1.36. The molecule has 0 aromatic rings. The van der Waals surface area contributed by atoms with Crippen molar-refractivity contribution in [1.29, 1.82) is 0 Å². The van der Waals surface area contributed by atoms with Crippen LogP contribution in [0.1, 0.15) is 89.0 Å². The molecule has 0 heterocycles. The van der Waals surface area contributed by atoms with E-state index in [9.17, 15) is 14.4 Å². The lowest BCUT2D eigenvalue weighted by Crippen LogP contribution is -2.54. The Morgan fingerprint density at radius 3 is 1.83 bits per heavy atom. The molecule has 0 aromatic heterocycles. The Morgan fingerprint density at radius 2 is 1.48 bits per heavy atom. The summed E-state index contributed by atoms with van der Waals surface area (Å²) in [5, 5.41) is 3.31. The van der Waals surface area contributed by atoms with Gasteiger partial charge in [-0.2, -0.15) is 4.79 Å². The van der Waals surface area contributed by atoms with Crippen LogP contribution >= 0.6 is 0 Å². The number of ether oxygens (including phenoxy) is 1. The molecule has 0 bridgehead atoms. The molecule has 0 saturated heterocycles. The van der Waals surface area contributed by atoms with Gasteiger partial charge in [0.2, 0.25) is 18.0 Å². The first-order valence-corrected chi connectivity index (χ1v) is 10.5. The molecule has 29 heavy (non-hydrogen) atoms. The summed E-state index contributed by atoms with van der Waals surface area (Å²) in [5.41, 5.74) is -1.54. The zero-order chi connectivity index (χ0) is 23.2. The fraction of sp³-hybridized carbons (Fsp3) is 0.870. The van der Waals surface area contributed by atoms with Gasteiger partial charge < -0.3 is 4.74 Å². The molecule has 0 saturated carbocycles. The smallest absolute Gasteiger partial charge is 0.367 e. The van der Waals surface area contributed by atoms with Gasteiger partial charge >= 0.3 is 6.08 Å². The van der Waals surface area contributed by atoms with E-state index in [-0.39, 0.29) is 37.1 Å². The number of rotatable bonds is 10. The average molecular weight is 412 g/mol. The summed E-state index contributed by atoms with van der Waals surface area (Å²) >= 11 is 0. The van der Waals surface area contributed by atoms with Crippen LogP contribution in [0.15, 0.2) is 0 Å². The van der Waals surface area contributed by atoms with Gasteiger partial charge in [0.1, 0.15) is 12.4 Å². The summed E-state index contributed by atoms with van der Waals surface area (Å²) in [6.07, 6.45) is 1.94. The molecule has 0 spiro atoms. The number of isocyanates is 1. The van der Waals surface area contributed by atoms with Gasteiger partial charge in [0.05, 0.1) is 5.60 Å². The van der Waals surface area contributed by atoms with E-state index in [1.807, 2.05) is 82.2 Å². The maximum atomic E-state index is 13.2. The van der Waals surface area contributed by atoms with Crippen molar-refractivity contribution in [3.63, 3.8) is 0 Å². The molecule has 0 aliphatic rings. The molecule has 0 fully saturated rings. The van der Waals surface area contributed by atoms with Crippen LogP contribution in [0.5, 0.6) is 0 Å². The molecule has 2 unspecified atom stereocenters. The van der Waals surface area contributed by atoms with Crippen molar-refractivity contribution in [2.75, 3.05) is 6.61 Å². The number of nitrogens with zero attached hydrogens (tertiary/aromatic N) is 1. The second kappa shape index (κ2) is 10.6. The Kier molecular flexibility index (Phi) is 10.1. The minimum Gasteiger partial charge on any atom is -0.367 e. The Morgan fingerprint density at radius 1 is 0.966 bits per heavy atom. The fourth-order valence-corrected chi connectivity index (χ4v) is 2.81. The zero-order valence-corrected chi connectivity index (χ0v) is 20.4. The number of hydrogen-bond donors (Lipinski definition) is 1. The fourth-order valence-electron chi connectivity index (χ4n) is 2.81. The van der Waals surface area contributed by atoms with Gasteiger partial charge in [-0.15, -0.1) is 4.58 Å². The lowest BCUT2D eigenvalue weighted by atomic mass is 9.82. The van der Waals surface area contributed by atoms with E-state index < -0.39 is 28.6 Å². The van der Waals surface area contributed by atoms with Crippen molar-refractivity contribution in [1.82, 2.24) is 5.32 Å². The number of hydrogen-bond acceptors (Lipinski definition) is 5. The third kappa shape index (κ3) is 10.3. The summed E-state index contributed by atoms with van der Waals surface area (Å²) in [7, 11) is 0. The van der Waals surface area contributed by atoms with Crippen molar-refractivity contribution in [2.24, 2.45) is 10.8 Å². The summed E-state index contributed by atoms with van der Waals surface area (Å²) in [6, 6.07) is -0.681. The molecule has 0 radical (unpaired) electrons. The van der Waals surface area contributed by atoms with Crippen molar-refractivity contribution in [3.8, 4) is 0 Å². The van der Waals surface area contributed by atoms with E-state index in [1.165, 1.54) is 4.58 Å². The van der Waals surface area contributed by atoms with Gasteiger partial charge in [-0.05, 0) is 34.6 Å². The highest BCUT2D eigenvalue weighted by molar-refractivity contribution is 5.89. The summed E-state index contributed by atoms with van der Waals surface area (Å²) in [5.74, 6) is -0.0248. The van der Waals surface area contributed by atoms with Gasteiger partial charge in [-0.25, -0.2) is 0 Å². The van der Waals surface area contributed by atoms with Gasteiger partial charge in [0.25, 0.3) is 0 Å². The normalized spacial score (nSPS) is 15.0. The quantitative estimate of drug-likeness (QED) is 0.256. The summed E-state index contributed by atoms with van der Waals surface area (Å²) in [6.45, 7) is 21.0. The standard InChI is InChI=1S/C23H43N2O4/c1-16(2)24-19(14-29-23(9,10)11)25(15-26)17(20(28)22(6,7)8)12-13-18(27)21(3,4)5/h16-17,19,24H,12-14H2,1-11H3/q+1. The van der Waals surface area contributed by atoms with Crippen LogP contribution in [0.3, 0.4) is 0 Å². The molecule has 6 heteroatoms. The molecule has 168 valence electrons. The first kappa shape index (κ1) is 27.6. The number of ketones is 2. The highest BCUT2D eigenvalue weighted by atomic mass is 16.5. The molecule has 2 atom stereocenters. The number of Topliss-reactive ketones (excluding diaryl/α,β-unsaturated/α-hetero) is 2. The SMILES string of the molecule is CC(C)NC(COC(C)(C)C)[N+](=C=O)C(CCC(=O)C(C)(C)C)C(=O)C(C)(C)C. The first-order valence-electron chi connectivity index (χ1n) is 10.5. The monoisotopic (exact) mass is 411 g/mol. The van der Waals surface area contributed by atoms with Gasteiger partial charge in [0.15, 0.2) is 0 Å². The lowest BCUT2D eigenvalue weighted by molar-refractivity contribution is -0.597. The van der Waals surface area contributed by atoms with Crippen LogP contribution < -0.4 is 5.32 Å². The molecular weight excluding hydrogens is 368 g/mol. The van der Waals surface area contributed by atoms with Gasteiger partial charge in [-0.3, -0.25) is 14.9 Å². The minimum absolute atomic E-state index is 0.0642. The van der Waals surface area contributed by atoms with E-state index in [0.29, 0.717) is 0 Å². The molecule has 6 nitrogen and oxygen atoms in total. The molecule has 0 amide bonds. The van der Waals surface area contributed by atoms with E-state index >= 15 is 0 Å². The van der Waals surface area contributed by atoms with Crippen LogP contribution in [0.2, 0.25) is 0 Å². The second-order valence-electron chi connectivity index (χ2n) is 11.1. The van der Waals surface area contributed by atoms with Gasteiger partial charge in [-0.1, -0.05) is 41.5 Å². The van der Waals surface area contributed by atoms with Crippen LogP contribution in [0.4, 0.5) is 0 Å². The van der Waals surface area contributed by atoms with Gasteiger partial charge in [0, 0.05) is 29.7 Å². The van der Waals surface area contributed by atoms with Crippen LogP contribution in [0, 0.1) is 10.8 Å². The molecule has 0 aromatic carbocycles. The largest absolute Gasteiger partial charge is 0.426 e. The third-order valence-electron chi connectivity index (χ3n) is 4.50. The molecule has 0 aliphatic heterocycles. The van der Waals surface area contributed by atoms with Crippen LogP contribution in [0.25, 0.3) is 0 Å². The van der Waals surface area contributed by atoms with Crippen molar-refractivity contribution in [3.05, 3.63) is 0 Å². The van der Waals surface area contributed by atoms with Crippen molar-refractivity contribution < 1.29 is 23.7 Å². The molecule has 0 rings (SSSR count). The van der Waals surface area contributed by atoms with Crippen LogP contribution in [-0.2, 0) is 19.1 Å². The average Bonchev–Trinajstić information content (AvgIpc) is 2.51. The predicted molar refractivity (Wildman–Crippen MR) is 116 cm³/mol. The van der Waals surface area contributed by atoms with Crippen molar-refractivity contribution >= 4 is 17.6 Å². The Labute approximate surface area is 177 Å². The zero-order valence-electron chi connectivity index (χ0n) is 20.4. The Balaban J connectivity index is 5.92. The maximum Gasteiger partial charge on any atom is 0.426 e. The molecule has 0 aliphatic carbocycles. The molecule has 1 N–H and O–H groups in total. The summed E-state index contributed by atoms with van der Waals surface area (Å²) < 4.78 is 7.29. The number of carbonyl (C=O) groups is 2. The van der Waals surface area contributed by atoms with E-state index in [2.05, 4.69) is 5.32 Å². The highest BCUT2D eigenvalue weighted by Gasteiger charge is 2.42. The second-order valence-corrected chi connectivity index (χ2v) is 11.1. The first-order chi connectivity index (χ1) is 12.9. The third-order valence-corrected chi connectivity index (χ3v) is 4.50. The predicted octanol–water partition coefficient (Wildman–Crippen LogP) is 3.85. The lowest BCUT2D eigenvalue weighted by Gasteiger charge is -2.28. The summed E-state index contributed by atoms with van der Waals surface area (Å²) in [4.78, 5) is 37.7. The minimum atomic E-state index is -0.751. The topological polar surface area (TPSA) is 75.5 Å². The Bertz CT molecular complexity index is 612. The number of nitrogens with one attached hydrogen (secondary N) is 1. The highest BCUT2D eigenvalue weighted by Crippen LogP contribution is 2.24. The van der Waals surface area contributed by atoms with Crippen LogP contribution in [-0.4, -0.2) is 52.7 Å². The van der Waals surface area contributed by atoms with E-state index in [1.54, 1.807) is 0 Å². The van der Waals surface area contributed by atoms with E-state index in [4.69, 9.17) is 4.74 Å². The van der Waals surface area contributed by atoms with E-state index in [0.717, 1.165) is 0 Å². The van der Waals surface area contributed by atoms with Crippen molar-refractivity contribution in [2.45, 2.75) is 113 Å².